The summed E-state index contributed by atoms with van der Waals surface area (Å²) in [7, 11) is 0. The van der Waals surface area contributed by atoms with Crippen LogP contribution < -0.4 is 9.64 Å². The summed E-state index contributed by atoms with van der Waals surface area (Å²) >= 11 is 6.09. The standard InChI is InChI=1S/C36H51ClFN7O6/c1-35(2,3)29(32(47)48)45-21(13-14-26(45)46)9-7-15-42-16-8-10-24(42)20-50-33-40-28-25(17-39-30(37)27(28)38)31(41-33)43-18-22-11-12-23(19-43)44(22)34(49)51-36(4,5)6/h17,21-24,29H,7-16,18-20H2,1-6H3,(H,47,48)/t21-,22?,23?,24-,29+/m0/s1. The van der Waals surface area contributed by atoms with Crippen molar-refractivity contribution >= 4 is 46.3 Å². The number of aromatic nitrogens is 3. The van der Waals surface area contributed by atoms with E-state index in [4.69, 9.17) is 26.1 Å². The van der Waals surface area contributed by atoms with Gasteiger partial charge in [0.15, 0.2) is 11.0 Å². The lowest BCUT2D eigenvalue weighted by atomic mass is 9.85. The first kappa shape index (κ1) is 37.2. The van der Waals surface area contributed by atoms with E-state index >= 15 is 4.39 Å². The lowest BCUT2D eigenvalue weighted by molar-refractivity contribution is -0.155. The Morgan fingerprint density at radius 2 is 1.76 bits per heavy atom. The van der Waals surface area contributed by atoms with Gasteiger partial charge in [0.25, 0.3) is 0 Å². The highest BCUT2D eigenvalue weighted by atomic mass is 35.5. The van der Waals surface area contributed by atoms with Gasteiger partial charge in [-0.2, -0.15) is 9.97 Å². The van der Waals surface area contributed by atoms with Crippen molar-refractivity contribution in [2.75, 3.05) is 37.7 Å². The zero-order valence-electron chi connectivity index (χ0n) is 30.5. The van der Waals surface area contributed by atoms with E-state index in [2.05, 4.69) is 19.8 Å². The van der Waals surface area contributed by atoms with Crippen molar-refractivity contribution in [2.24, 2.45) is 5.41 Å². The fraction of sp³-hybridized carbons (Fsp3) is 0.722. The second-order valence-corrected chi connectivity index (χ2v) is 16.9. The van der Waals surface area contributed by atoms with Crippen LogP contribution in [-0.2, 0) is 14.3 Å². The van der Waals surface area contributed by atoms with Gasteiger partial charge in [-0.15, -0.1) is 0 Å². The molecule has 4 aliphatic heterocycles. The lowest BCUT2D eigenvalue weighted by Crippen LogP contribution is -2.57. The Hall–Kier alpha value is -3.52. The van der Waals surface area contributed by atoms with Crippen LogP contribution in [0, 0.1) is 11.2 Å². The van der Waals surface area contributed by atoms with E-state index in [-0.39, 0.29) is 52.8 Å². The zero-order chi connectivity index (χ0) is 36.8. The summed E-state index contributed by atoms with van der Waals surface area (Å²) in [5.74, 6) is -1.30. The SMILES string of the molecule is CC(C)(C)OC(=O)N1C2CCC1CN(c1nc(OC[C@@H]3CCCN3CCC[C@H]3CCC(=O)N3[C@H](C(=O)O)C(C)(C)C)nc3c(F)c(Cl)ncc13)C2. The molecule has 4 fully saturated rings. The minimum atomic E-state index is -0.965. The van der Waals surface area contributed by atoms with E-state index in [0.29, 0.717) is 43.7 Å². The monoisotopic (exact) mass is 731 g/mol. The van der Waals surface area contributed by atoms with Crippen LogP contribution in [0.25, 0.3) is 10.9 Å². The first-order valence-corrected chi connectivity index (χ1v) is 18.6. The highest BCUT2D eigenvalue weighted by Gasteiger charge is 2.46. The average molecular weight is 732 g/mol. The molecule has 6 heterocycles. The number of likely N-dealkylation sites (tertiary alicyclic amines) is 2. The van der Waals surface area contributed by atoms with Crippen molar-refractivity contribution in [3.05, 3.63) is 17.2 Å². The van der Waals surface area contributed by atoms with Crippen LogP contribution in [0.5, 0.6) is 6.01 Å². The molecule has 51 heavy (non-hydrogen) atoms. The van der Waals surface area contributed by atoms with Crippen molar-refractivity contribution in [3.8, 4) is 6.01 Å². The van der Waals surface area contributed by atoms with Crippen molar-refractivity contribution in [1.29, 1.82) is 0 Å². The molecule has 0 radical (unpaired) electrons. The number of carboxylic acid groups (broad SMARTS) is 1. The minimum Gasteiger partial charge on any atom is -0.480 e. The number of ether oxygens (including phenoxy) is 2. The minimum absolute atomic E-state index is 0.0331. The van der Waals surface area contributed by atoms with Crippen LogP contribution in [0.4, 0.5) is 15.0 Å². The van der Waals surface area contributed by atoms with E-state index < -0.39 is 28.8 Å². The second-order valence-electron chi connectivity index (χ2n) is 16.5. The predicted molar refractivity (Wildman–Crippen MR) is 189 cm³/mol. The molecule has 0 aliphatic carbocycles. The lowest BCUT2D eigenvalue weighted by Gasteiger charge is -2.42. The Labute approximate surface area is 303 Å². The number of amides is 2. The van der Waals surface area contributed by atoms with Gasteiger partial charge in [0.2, 0.25) is 5.91 Å². The molecule has 2 bridgehead atoms. The number of rotatable bonds is 10. The topological polar surface area (TPSA) is 142 Å². The molecule has 4 aliphatic rings. The Balaban J connectivity index is 1.13. The molecule has 15 heteroatoms. The van der Waals surface area contributed by atoms with Crippen LogP contribution in [-0.4, -0.2) is 121 Å². The summed E-state index contributed by atoms with van der Waals surface area (Å²) in [4.78, 5) is 59.2. The van der Waals surface area contributed by atoms with Gasteiger partial charge in [0.1, 0.15) is 29.6 Å². The van der Waals surface area contributed by atoms with Crippen LogP contribution in [0.2, 0.25) is 5.15 Å². The van der Waals surface area contributed by atoms with Gasteiger partial charge < -0.3 is 24.4 Å². The number of hydrogen-bond acceptors (Lipinski definition) is 10. The van der Waals surface area contributed by atoms with Crippen LogP contribution in [0.1, 0.15) is 92.9 Å². The van der Waals surface area contributed by atoms with Crippen molar-refractivity contribution in [2.45, 2.75) is 129 Å². The normalized spacial score (nSPS) is 24.9. The first-order valence-electron chi connectivity index (χ1n) is 18.2. The molecule has 2 aromatic heterocycles. The quantitative estimate of drug-likeness (QED) is 0.309. The molecule has 0 aromatic carbocycles. The van der Waals surface area contributed by atoms with E-state index in [0.717, 1.165) is 51.6 Å². The number of carboxylic acids is 1. The summed E-state index contributed by atoms with van der Waals surface area (Å²) < 4.78 is 27.3. The molecule has 13 nitrogen and oxygen atoms in total. The fourth-order valence-corrected chi connectivity index (χ4v) is 8.52. The van der Waals surface area contributed by atoms with E-state index in [1.54, 1.807) is 4.90 Å². The molecule has 280 valence electrons. The summed E-state index contributed by atoms with van der Waals surface area (Å²) in [6.45, 7) is 14.1. The number of hydrogen-bond donors (Lipinski definition) is 1. The van der Waals surface area contributed by atoms with Gasteiger partial charge >= 0.3 is 18.1 Å². The van der Waals surface area contributed by atoms with E-state index in [1.165, 1.54) is 6.20 Å². The summed E-state index contributed by atoms with van der Waals surface area (Å²) in [5.41, 5.74) is -1.15. The number of carbonyl (C=O) groups is 3. The Bertz CT molecular complexity index is 1640. The van der Waals surface area contributed by atoms with Gasteiger partial charge in [-0.1, -0.05) is 32.4 Å². The maximum atomic E-state index is 15.4. The van der Waals surface area contributed by atoms with Crippen LogP contribution in [0.3, 0.4) is 0 Å². The molecule has 2 aromatic rings. The third kappa shape index (κ3) is 7.96. The molecule has 0 spiro atoms. The maximum Gasteiger partial charge on any atom is 0.410 e. The Kier molecular flexibility index (Phi) is 10.6. The summed E-state index contributed by atoms with van der Waals surface area (Å²) in [6.07, 6.45) is 7.31. The fourth-order valence-electron chi connectivity index (χ4n) is 8.38. The van der Waals surface area contributed by atoms with Crippen molar-refractivity contribution in [1.82, 2.24) is 29.7 Å². The molecule has 6 rings (SSSR count). The number of fused-ring (bicyclic) bond motifs is 3. The molecular formula is C36H51ClFN7O6. The molecule has 2 unspecified atom stereocenters. The largest absolute Gasteiger partial charge is 0.480 e. The smallest absolute Gasteiger partial charge is 0.410 e. The average Bonchev–Trinajstić information content (AvgIpc) is 3.71. The summed E-state index contributed by atoms with van der Waals surface area (Å²) in [6, 6.07) is -0.983. The third-order valence-corrected chi connectivity index (χ3v) is 10.8. The molecule has 2 amide bonds. The molecule has 4 saturated heterocycles. The highest BCUT2D eigenvalue weighted by molar-refractivity contribution is 6.30. The number of piperazine rings is 1. The van der Waals surface area contributed by atoms with Gasteiger partial charge in [0.05, 0.1) is 17.5 Å². The number of pyridine rings is 1. The third-order valence-electron chi connectivity index (χ3n) is 10.6. The zero-order valence-corrected chi connectivity index (χ0v) is 31.3. The Morgan fingerprint density at radius 1 is 1.06 bits per heavy atom. The van der Waals surface area contributed by atoms with E-state index in [9.17, 15) is 19.5 Å². The van der Waals surface area contributed by atoms with Crippen LogP contribution >= 0.6 is 11.6 Å². The number of nitrogens with zero attached hydrogens (tertiary/aromatic N) is 7. The number of carbonyl (C=O) groups excluding carboxylic acids is 2. The van der Waals surface area contributed by atoms with Crippen molar-refractivity contribution in [3.63, 3.8) is 0 Å². The number of anilines is 1. The molecule has 0 saturated carbocycles. The highest BCUT2D eigenvalue weighted by Crippen LogP contribution is 2.38. The summed E-state index contributed by atoms with van der Waals surface area (Å²) in [5, 5.41) is 10.1. The van der Waals surface area contributed by atoms with Gasteiger partial charge in [-0.05, 0) is 84.2 Å². The maximum absolute atomic E-state index is 15.4. The van der Waals surface area contributed by atoms with Gasteiger partial charge in [-0.3, -0.25) is 14.6 Å². The molecule has 1 N–H and O–H groups in total. The number of aliphatic carboxylic acids is 1. The van der Waals surface area contributed by atoms with Gasteiger partial charge in [0, 0.05) is 37.8 Å². The first-order chi connectivity index (χ1) is 24.0. The van der Waals surface area contributed by atoms with Gasteiger partial charge in [-0.25, -0.2) is 19.0 Å². The predicted octanol–water partition coefficient (Wildman–Crippen LogP) is 5.52. The van der Waals surface area contributed by atoms with E-state index in [1.807, 2.05) is 46.4 Å². The second kappa shape index (κ2) is 14.5. The van der Waals surface area contributed by atoms with Crippen LogP contribution in [0.15, 0.2) is 6.20 Å². The number of halogens is 2. The van der Waals surface area contributed by atoms with Crippen molar-refractivity contribution < 1.29 is 33.4 Å². The molecule has 5 atom stereocenters. The Morgan fingerprint density at radius 3 is 2.41 bits per heavy atom. The molecular weight excluding hydrogens is 681 g/mol.